The molecule has 0 aliphatic carbocycles. The Balaban J connectivity index is 0.00000151. The minimum absolute atomic E-state index is 0.154. The Morgan fingerprint density at radius 3 is 2.36 bits per heavy atom. The molecule has 1 saturated heterocycles. The number of allylic oxidation sites excluding steroid dienone is 2. The van der Waals surface area contributed by atoms with Gasteiger partial charge in [0.1, 0.15) is 17.3 Å². The summed E-state index contributed by atoms with van der Waals surface area (Å²) in [4.78, 5) is 15.7. The van der Waals surface area contributed by atoms with Crippen molar-refractivity contribution in [3.63, 3.8) is 0 Å². The van der Waals surface area contributed by atoms with E-state index in [2.05, 4.69) is 0 Å². The smallest absolute Gasteiger partial charge is 0.334 e. The maximum absolute atomic E-state index is 12.8. The SMILES string of the molecule is C/C=C\N1C/C(=C/C)C(=N)N(c2ccc(OC)cc2OC)C1=O.CC. The summed E-state index contributed by atoms with van der Waals surface area (Å²) >= 11 is 0. The number of benzene rings is 1. The quantitative estimate of drug-likeness (QED) is 0.878. The van der Waals surface area contributed by atoms with E-state index in [1.54, 1.807) is 42.5 Å². The predicted molar refractivity (Wildman–Crippen MR) is 102 cm³/mol. The highest BCUT2D eigenvalue weighted by Crippen LogP contribution is 2.35. The molecule has 1 aromatic rings. The third kappa shape index (κ3) is 4.21. The van der Waals surface area contributed by atoms with Crippen LogP contribution < -0.4 is 14.4 Å². The maximum atomic E-state index is 12.8. The number of nitrogens with one attached hydrogen (secondary N) is 1. The second-order valence-corrected chi connectivity index (χ2v) is 4.93. The van der Waals surface area contributed by atoms with Crippen molar-refractivity contribution < 1.29 is 14.3 Å². The molecule has 0 saturated carbocycles. The molecule has 0 radical (unpaired) electrons. The Bertz CT molecular complexity index is 680. The number of amidine groups is 1. The summed E-state index contributed by atoms with van der Waals surface area (Å²) in [7, 11) is 3.09. The normalized spacial score (nSPS) is 16.2. The lowest BCUT2D eigenvalue weighted by atomic mass is 10.1. The molecule has 0 aromatic heterocycles. The fraction of sp³-hybridized carbons (Fsp3) is 0.368. The minimum Gasteiger partial charge on any atom is -0.497 e. The molecular weight excluding hydrogens is 318 g/mol. The summed E-state index contributed by atoms with van der Waals surface area (Å²) in [5.74, 6) is 1.25. The number of rotatable bonds is 4. The van der Waals surface area contributed by atoms with Crippen molar-refractivity contribution in [2.75, 3.05) is 25.7 Å². The number of carbonyl (C=O) groups excluding carboxylic acids is 1. The van der Waals surface area contributed by atoms with Crippen LogP contribution in [-0.4, -0.2) is 37.5 Å². The molecule has 1 heterocycles. The Kier molecular flexibility index (Phi) is 7.72. The Morgan fingerprint density at radius 2 is 1.84 bits per heavy atom. The predicted octanol–water partition coefficient (Wildman–Crippen LogP) is 4.43. The standard InChI is InChI=1S/C17H21N3O3.C2H6/c1-5-9-19-11-12(6-2)16(18)20(17(19)21)14-8-7-13(22-3)10-15(14)23-4;1-2/h5-10,18H,11H2,1-4H3;1-2H3/b9-5-,12-6-,18-16?;. The molecule has 1 aromatic carbocycles. The Hall–Kier alpha value is -2.76. The monoisotopic (exact) mass is 345 g/mol. The van der Waals surface area contributed by atoms with Crippen LogP contribution in [0.1, 0.15) is 27.7 Å². The molecule has 1 aliphatic heterocycles. The van der Waals surface area contributed by atoms with Gasteiger partial charge in [-0.25, -0.2) is 9.69 Å². The van der Waals surface area contributed by atoms with Crippen LogP contribution in [0.5, 0.6) is 11.5 Å². The number of urea groups is 1. The fourth-order valence-corrected chi connectivity index (χ4v) is 2.41. The second kappa shape index (κ2) is 9.52. The third-order valence-electron chi connectivity index (χ3n) is 3.61. The van der Waals surface area contributed by atoms with E-state index in [1.807, 2.05) is 33.8 Å². The summed E-state index contributed by atoms with van der Waals surface area (Å²) in [6.07, 6.45) is 5.35. The maximum Gasteiger partial charge on any atom is 0.334 e. The molecule has 0 atom stereocenters. The van der Waals surface area contributed by atoms with Crippen LogP contribution in [0.2, 0.25) is 0 Å². The van der Waals surface area contributed by atoms with Crippen LogP contribution in [0, 0.1) is 5.41 Å². The first kappa shape index (κ1) is 20.3. The van der Waals surface area contributed by atoms with Crippen molar-refractivity contribution >= 4 is 17.6 Å². The van der Waals surface area contributed by atoms with Gasteiger partial charge in [-0.05, 0) is 26.0 Å². The largest absolute Gasteiger partial charge is 0.497 e. The van der Waals surface area contributed by atoms with Crippen molar-refractivity contribution in [1.29, 1.82) is 5.41 Å². The first-order chi connectivity index (χ1) is 12.1. The zero-order chi connectivity index (χ0) is 19.0. The van der Waals surface area contributed by atoms with Crippen LogP contribution in [0.25, 0.3) is 0 Å². The Labute approximate surface area is 149 Å². The van der Waals surface area contributed by atoms with E-state index in [1.165, 1.54) is 12.0 Å². The highest BCUT2D eigenvalue weighted by molar-refractivity contribution is 6.24. The van der Waals surface area contributed by atoms with Gasteiger partial charge in [0.25, 0.3) is 0 Å². The van der Waals surface area contributed by atoms with Gasteiger partial charge < -0.3 is 9.47 Å². The summed E-state index contributed by atoms with van der Waals surface area (Å²) in [5, 5.41) is 8.36. The molecule has 0 unspecified atom stereocenters. The van der Waals surface area contributed by atoms with Crippen LogP contribution in [0.15, 0.2) is 42.1 Å². The molecule has 2 amide bonds. The van der Waals surface area contributed by atoms with Gasteiger partial charge in [0.2, 0.25) is 0 Å². The van der Waals surface area contributed by atoms with E-state index < -0.39 is 0 Å². The number of hydrogen-bond donors (Lipinski definition) is 1. The number of hydrogen-bond acceptors (Lipinski definition) is 4. The molecule has 136 valence electrons. The van der Waals surface area contributed by atoms with Gasteiger partial charge in [0, 0.05) is 17.8 Å². The molecule has 0 spiro atoms. The van der Waals surface area contributed by atoms with Crippen molar-refractivity contribution in [2.45, 2.75) is 27.7 Å². The lowest BCUT2D eigenvalue weighted by Gasteiger charge is -2.36. The molecular formula is C19H27N3O3. The average Bonchev–Trinajstić information content (AvgIpc) is 2.66. The first-order valence-corrected chi connectivity index (χ1v) is 8.27. The third-order valence-corrected chi connectivity index (χ3v) is 3.61. The molecule has 6 heteroatoms. The number of amides is 2. The van der Waals surface area contributed by atoms with Gasteiger partial charge in [-0.1, -0.05) is 26.0 Å². The molecule has 0 bridgehead atoms. The first-order valence-electron chi connectivity index (χ1n) is 8.27. The van der Waals surface area contributed by atoms with E-state index in [9.17, 15) is 4.79 Å². The topological polar surface area (TPSA) is 65.9 Å². The summed E-state index contributed by atoms with van der Waals surface area (Å²) in [6, 6.07) is 4.86. The van der Waals surface area contributed by atoms with Crippen LogP contribution in [0.3, 0.4) is 0 Å². The highest BCUT2D eigenvalue weighted by atomic mass is 16.5. The van der Waals surface area contributed by atoms with Gasteiger partial charge in [0.05, 0.1) is 26.5 Å². The summed E-state index contributed by atoms with van der Waals surface area (Å²) < 4.78 is 10.6. The highest BCUT2D eigenvalue weighted by Gasteiger charge is 2.34. The minimum atomic E-state index is -0.290. The van der Waals surface area contributed by atoms with Crippen molar-refractivity contribution in [1.82, 2.24) is 4.90 Å². The number of methoxy groups -OCH3 is 2. The van der Waals surface area contributed by atoms with E-state index in [4.69, 9.17) is 14.9 Å². The average molecular weight is 345 g/mol. The number of carbonyl (C=O) groups is 1. The van der Waals surface area contributed by atoms with Crippen LogP contribution >= 0.6 is 0 Å². The van der Waals surface area contributed by atoms with Gasteiger partial charge in [-0.3, -0.25) is 10.3 Å². The fourth-order valence-electron chi connectivity index (χ4n) is 2.41. The van der Waals surface area contributed by atoms with Gasteiger partial charge in [-0.2, -0.15) is 0 Å². The zero-order valence-corrected chi connectivity index (χ0v) is 15.8. The zero-order valence-electron chi connectivity index (χ0n) is 15.8. The van der Waals surface area contributed by atoms with Gasteiger partial charge >= 0.3 is 6.03 Å². The molecule has 1 fully saturated rings. The lowest BCUT2D eigenvalue weighted by molar-refractivity contribution is 0.225. The van der Waals surface area contributed by atoms with Crippen molar-refractivity contribution in [3.8, 4) is 11.5 Å². The summed E-state index contributed by atoms with van der Waals surface area (Å²) in [5.41, 5.74) is 1.28. The van der Waals surface area contributed by atoms with Crippen LogP contribution in [-0.2, 0) is 0 Å². The van der Waals surface area contributed by atoms with E-state index >= 15 is 0 Å². The van der Waals surface area contributed by atoms with E-state index in [0.29, 0.717) is 23.7 Å². The number of anilines is 1. The lowest BCUT2D eigenvalue weighted by Crippen LogP contribution is -2.51. The Morgan fingerprint density at radius 1 is 1.16 bits per heavy atom. The van der Waals surface area contributed by atoms with Crippen molar-refractivity contribution in [3.05, 3.63) is 42.1 Å². The van der Waals surface area contributed by atoms with Gasteiger partial charge in [-0.15, -0.1) is 0 Å². The van der Waals surface area contributed by atoms with Gasteiger partial charge in [0.15, 0.2) is 0 Å². The van der Waals surface area contributed by atoms with E-state index in [-0.39, 0.29) is 11.9 Å². The molecule has 1 N–H and O–H groups in total. The molecule has 2 rings (SSSR count). The number of ether oxygens (including phenoxy) is 2. The molecule has 6 nitrogen and oxygen atoms in total. The van der Waals surface area contributed by atoms with Crippen molar-refractivity contribution in [2.24, 2.45) is 0 Å². The molecule has 25 heavy (non-hydrogen) atoms. The molecule has 1 aliphatic rings. The number of nitrogens with zero attached hydrogens (tertiary/aromatic N) is 2. The second-order valence-electron chi connectivity index (χ2n) is 4.93. The van der Waals surface area contributed by atoms with Crippen LogP contribution in [0.4, 0.5) is 10.5 Å². The summed E-state index contributed by atoms with van der Waals surface area (Å²) in [6.45, 7) is 8.09. The van der Waals surface area contributed by atoms with E-state index in [0.717, 1.165) is 5.57 Å².